The highest BCUT2D eigenvalue weighted by Crippen LogP contribution is 2.22. The minimum absolute atomic E-state index is 0.0164. The minimum Gasteiger partial charge on any atom is -0.303 e. The minimum atomic E-state index is -0.318. The molecule has 1 saturated heterocycles. The van der Waals surface area contributed by atoms with E-state index in [2.05, 4.69) is 4.90 Å². The second-order valence-electron chi connectivity index (χ2n) is 6.88. The summed E-state index contributed by atoms with van der Waals surface area (Å²) in [5.74, 6) is -0.0000370. The SMILES string of the molecule is O=C(CCCN1CCC(C(=O)c2ccc(F)cc2)CC1)c1ccccc1. The van der Waals surface area contributed by atoms with Gasteiger partial charge >= 0.3 is 0 Å². The Hall–Kier alpha value is -2.33. The summed E-state index contributed by atoms with van der Waals surface area (Å²) in [6, 6.07) is 15.2. The zero-order chi connectivity index (χ0) is 18.4. The van der Waals surface area contributed by atoms with Gasteiger partial charge in [0.25, 0.3) is 0 Å². The van der Waals surface area contributed by atoms with Crippen molar-refractivity contribution in [2.24, 2.45) is 5.92 Å². The van der Waals surface area contributed by atoms with Crippen molar-refractivity contribution in [1.29, 1.82) is 0 Å². The maximum Gasteiger partial charge on any atom is 0.166 e. The number of hydrogen-bond acceptors (Lipinski definition) is 3. The van der Waals surface area contributed by atoms with Crippen molar-refractivity contribution in [3.8, 4) is 0 Å². The normalized spacial score (nSPS) is 15.7. The van der Waals surface area contributed by atoms with E-state index in [1.165, 1.54) is 12.1 Å². The number of carbonyl (C=O) groups is 2. The number of nitrogens with zero attached hydrogens (tertiary/aromatic N) is 1. The zero-order valence-electron chi connectivity index (χ0n) is 14.9. The van der Waals surface area contributed by atoms with Crippen LogP contribution in [0.1, 0.15) is 46.4 Å². The van der Waals surface area contributed by atoms with Crippen LogP contribution in [-0.4, -0.2) is 36.1 Å². The van der Waals surface area contributed by atoms with E-state index in [1.54, 1.807) is 12.1 Å². The van der Waals surface area contributed by atoms with Crippen molar-refractivity contribution in [1.82, 2.24) is 4.90 Å². The van der Waals surface area contributed by atoms with Crippen LogP contribution in [0.5, 0.6) is 0 Å². The average Bonchev–Trinajstić information content (AvgIpc) is 2.69. The van der Waals surface area contributed by atoms with Gasteiger partial charge in [-0.2, -0.15) is 0 Å². The van der Waals surface area contributed by atoms with Gasteiger partial charge in [-0.05, 0) is 63.2 Å². The Morgan fingerprint density at radius 2 is 1.58 bits per heavy atom. The van der Waals surface area contributed by atoms with Crippen molar-refractivity contribution in [2.75, 3.05) is 19.6 Å². The maximum atomic E-state index is 13.0. The van der Waals surface area contributed by atoms with E-state index in [9.17, 15) is 14.0 Å². The highest BCUT2D eigenvalue weighted by molar-refractivity contribution is 5.98. The molecule has 2 aromatic rings. The van der Waals surface area contributed by atoms with E-state index in [0.717, 1.165) is 44.5 Å². The Balaban J connectivity index is 1.40. The quantitative estimate of drug-likeness (QED) is 0.693. The van der Waals surface area contributed by atoms with E-state index >= 15 is 0 Å². The first kappa shape index (κ1) is 18.5. The molecular weight excluding hydrogens is 329 g/mol. The number of rotatable bonds is 7. The van der Waals surface area contributed by atoms with Crippen molar-refractivity contribution < 1.29 is 14.0 Å². The van der Waals surface area contributed by atoms with Crippen molar-refractivity contribution >= 4 is 11.6 Å². The fourth-order valence-corrected chi connectivity index (χ4v) is 3.50. The number of Topliss-reactive ketones (excluding diaryl/α,β-unsaturated/α-hetero) is 2. The Labute approximate surface area is 153 Å². The van der Waals surface area contributed by atoms with Crippen molar-refractivity contribution in [3.63, 3.8) is 0 Å². The molecule has 3 rings (SSSR count). The summed E-state index contributed by atoms with van der Waals surface area (Å²) >= 11 is 0. The Morgan fingerprint density at radius 1 is 0.923 bits per heavy atom. The summed E-state index contributed by atoms with van der Waals surface area (Å²) in [7, 11) is 0. The molecule has 26 heavy (non-hydrogen) atoms. The summed E-state index contributed by atoms with van der Waals surface area (Å²) in [5, 5.41) is 0. The van der Waals surface area contributed by atoms with Gasteiger partial charge in [-0.1, -0.05) is 30.3 Å². The van der Waals surface area contributed by atoms with Crippen LogP contribution in [0.2, 0.25) is 0 Å². The van der Waals surface area contributed by atoms with Crippen LogP contribution in [0.4, 0.5) is 4.39 Å². The smallest absolute Gasteiger partial charge is 0.166 e. The van der Waals surface area contributed by atoms with Gasteiger partial charge in [0.1, 0.15) is 5.82 Å². The second kappa shape index (κ2) is 8.86. The third-order valence-corrected chi connectivity index (χ3v) is 5.06. The molecule has 2 aromatic carbocycles. The number of halogens is 1. The number of piperidine rings is 1. The first-order valence-electron chi connectivity index (χ1n) is 9.24. The van der Waals surface area contributed by atoms with Crippen LogP contribution in [0.25, 0.3) is 0 Å². The lowest BCUT2D eigenvalue weighted by atomic mass is 9.89. The lowest BCUT2D eigenvalue weighted by Gasteiger charge is -2.31. The molecule has 0 atom stereocenters. The molecule has 1 aliphatic rings. The molecule has 1 fully saturated rings. The molecule has 0 spiro atoms. The Bertz CT molecular complexity index is 734. The van der Waals surface area contributed by atoms with Gasteiger partial charge in [-0.25, -0.2) is 4.39 Å². The molecule has 3 nitrogen and oxygen atoms in total. The molecule has 0 unspecified atom stereocenters. The van der Waals surface area contributed by atoms with Gasteiger partial charge in [-0.3, -0.25) is 9.59 Å². The molecule has 136 valence electrons. The van der Waals surface area contributed by atoms with Crippen LogP contribution in [0.3, 0.4) is 0 Å². The highest BCUT2D eigenvalue weighted by atomic mass is 19.1. The Kier molecular flexibility index (Phi) is 6.29. The van der Waals surface area contributed by atoms with Gasteiger partial charge in [-0.15, -0.1) is 0 Å². The zero-order valence-corrected chi connectivity index (χ0v) is 14.9. The number of benzene rings is 2. The second-order valence-corrected chi connectivity index (χ2v) is 6.88. The van der Waals surface area contributed by atoms with E-state index in [0.29, 0.717) is 12.0 Å². The molecule has 0 N–H and O–H groups in total. The summed E-state index contributed by atoms with van der Waals surface area (Å²) in [6.45, 7) is 2.63. The fourth-order valence-electron chi connectivity index (χ4n) is 3.50. The summed E-state index contributed by atoms with van der Waals surface area (Å²) in [6.07, 6.45) is 3.04. The molecule has 1 aliphatic heterocycles. The monoisotopic (exact) mass is 353 g/mol. The van der Waals surface area contributed by atoms with Crippen molar-refractivity contribution in [2.45, 2.75) is 25.7 Å². The van der Waals surface area contributed by atoms with Crippen LogP contribution < -0.4 is 0 Å². The summed E-state index contributed by atoms with van der Waals surface area (Å²) in [5.41, 5.74) is 1.37. The summed E-state index contributed by atoms with van der Waals surface area (Å²) < 4.78 is 13.0. The molecule has 0 saturated carbocycles. The lowest BCUT2D eigenvalue weighted by molar-refractivity contribution is 0.0837. The van der Waals surface area contributed by atoms with Crippen LogP contribution in [0, 0.1) is 11.7 Å². The van der Waals surface area contributed by atoms with Crippen molar-refractivity contribution in [3.05, 3.63) is 71.5 Å². The largest absolute Gasteiger partial charge is 0.303 e. The predicted molar refractivity (Wildman–Crippen MR) is 99.9 cm³/mol. The third-order valence-electron chi connectivity index (χ3n) is 5.06. The number of carbonyl (C=O) groups excluding carboxylic acids is 2. The fraction of sp³-hybridized carbons (Fsp3) is 0.364. The van der Waals surface area contributed by atoms with Gasteiger partial charge in [0.05, 0.1) is 0 Å². The molecule has 0 bridgehead atoms. The van der Waals surface area contributed by atoms with Gasteiger partial charge in [0, 0.05) is 23.5 Å². The topological polar surface area (TPSA) is 37.4 Å². The predicted octanol–water partition coefficient (Wildman–Crippen LogP) is 4.38. The summed E-state index contributed by atoms with van der Waals surface area (Å²) in [4.78, 5) is 26.9. The van der Waals surface area contributed by atoms with Gasteiger partial charge in [0.15, 0.2) is 11.6 Å². The van der Waals surface area contributed by atoms with E-state index in [-0.39, 0.29) is 23.3 Å². The number of hydrogen-bond donors (Lipinski definition) is 0. The molecule has 4 heteroatoms. The van der Waals surface area contributed by atoms with E-state index < -0.39 is 0 Å². The standard InChI is InChI=1S/C22H24FNO2/c23-20-10-8-18(9-11-20)22(26)19-12-15-24(16-13-19)14-4-7-21(25)17-5-2-1-3-6-17/h1-3,5-6,8-11,19H,4,7,12-16H2. The molecule has 1 heterocycles. The molecule has 0 aliphatic carbocycles. The van der Waals surface area contributed by atoms with Crippen LogP contribution in [-0.2, 0) is 0 Å². The lowest BCUT2D eigenvalue weighted by Crippen LogP contribution is -2.37. The molecule has 0 radical (unpaired) electrons. The van der Waals surface area contributed by atoms with Crippen LogP contribution >= 0.6 is 0 Å². The molecule has 0 aromatic heterocycles. The van der Waals surface area contributed by atoms with Gasteiger partial charge in [0.2, 0.25) is 0 Å². The van der Waals surface area contributed by atoms with E-state index in [1.807, 2.05) is 30.3 Å². The average molecular weight is 353 g/mol. The number of ketones is 2. The number of likely N-dealkylation sites (tertiary alicyclic amines) is 1. The highest BCUT2D eigenvalue weighted by Gasteiger charge is 2.25. The molecular formula is C22H24FNO2. The first-order chi connectivity index (χ1) is 12.6. The van der Waals surface area contributed by atoms with Crippen LogP contribution in [0.15, 0.2) is 54.6 Å². The first-order valence-corrected chi connectivity index (χ1v) is 9.24. The third kappa shape index (κ3) is 4.85. The van der Waals surface area contributed by atoms with E-state index in [4.69, 9.17) is 0 Å². The Morgan fingerprint density at radius 3 is 2.23 bits per heavy atom. The maximum absolute atomic E-state index is 13.0. The molecule has 0 amide bonds. The van der Waals surface area contributed by atoms with Gasteiger partial charge < -0.3 is 4.90 Å².